The van der Waals surface area contributed by atoms with Crippen LogP contribution in [-0.2, 0) is 6.54 Å². The fourth-order valence-electron chi connectivity index (χ4n) is 3.27. The van der Waals surface area contributed by atoms with Crippen molar-refractivity contribution in [2.75, 3.05) is 18.5 Å². The Balaban J connectivity index is 2.03. The summed E-state index contributed by atoms with van der Waals surface area (Å²) in [6, 6.07) is 2.84. The summed E-state index contributed by atoms with van der Waals surface area (Å²) in [6.45, 7) is 8.98. The van der Waals surface area contributed by atoms with Gasteiger partial charge in [0.25, 0.3) is 0 Å². The van der Waals surface area contributed by atoms with Crippen LogP contribution in [0.5, 0.6) is 0 Å². The lowest BCUT2D eigenvalue weighted by Gasteiger charge is -2.40. The molecule has 1 N–H and O–H groups in total. The average Bonchev–Trinajstić information content (AvgIpc) is 2.47. The van der Waals surface area contributed by atoms with Crippen molar-refractivity contribution in [2.24, 2.45) is 5.41 Å². The molecule has 2 rings (SSSR count). The van der Waals surface area contributed by atoms with Crippen LogP contribution in [0.4, 0.5) is 5.69 Å². The van der Waals surface area contributed by atoms with Crippen molar-refractivity contribution in [3.05, 3.63) is 24.0 Å². The van der Waals surface area contributed by atoms with Gasteiger partial charge in [-0.1, -0.05) is 20.8 Å². The molecule has 3 heteroatoms. The van der Waals surface area contributed by atoms with Crippen LogP contribution in [-0.4, -0.2) is 24.6 Å². The van der Waals surface area contributed by atoms with Crippen molar-refractivity contribution < 1.29 is 0 Å². The fraction of sp³-hybridized carbons (Fsp3) is 0.722. The molecule has 0 amide bonds. The molecule has 0 unspecified atom stereocenters. The van der Waals surface area contributed by atoms with E-state index in [0.717, 1.165) is 13.1 Å². The van der Waals surface area contributed by atoms with Gasteiger partial charge in [0, 0.05) is 43.3 Å². The van der Waals surface area contributed by atoms with E-state index in [2.05, 4.69) is 49.1 Å². The number of hydrogen-bond donors (Lipinski definition) is 1. The zero-order valence-electron chi connectivity index (χ0n) is 14.2. The first-order valence-corrected chi connectivity index (χ1v) is 8.40. The van der Waals surface area contributed by atoms with Crippen molar-refractivity contribution in [3.8, 4) is 0 Å². The van der Waals surface area contributed by atoms with Crippen LogP contribution < -0.4 is 10.2 Å². The highest BCUT2D eigenvalue weighted by molar-refractivity contribution is 5.52. The van der Waals surface area contributed by atoms with E-state index in [-0.39, 0.29) is 0 Å². The van der Waals surface area contributed by atoms with E-state index in [9.17, 15) is 0 Å². The van der Waals surface area contributed by atoms with Crippen molar-refractivity contribution in [1.29, 1.82) is 0 Å². The molecule has 1 aliphatic carbocycles. The smallest absolute Gasteiger partial charge is 0.0442 e. The number of anilines is 1. The summed E-state index contributed by atoms with van der Waals surface area (Å²) in [5.41, 5.74) is 3.19. The molecule has 0 bridgehead atoms. The molecule has 0 aromatic carbocycles. The summed E-state index contributed by atoms with van der Waals surface area (Å²) >= 11 is 0. The molecule has 1 fully saturated rings. The van der Waals surface area contributed by atoms with Gasteiger partial charge >= 0.3 is 0 Å². The molecule has 1 aliphatic rings. The van der Waals surface area contributed by atoms with Gasteiger partial charge in [0.2, 0.25) is 0 Å². The summed E-state index contributed by atoms with van der Waals surface area (Å²) in [5, 5.41) is 3.50. The van der Waals surface area contributed by atoms with E-state index < -0.39 is 0 Å². The standard InChI is InChI=1S/C18H31N3/c1-5-11-19-13-15-14-20-12-8-17(15)21(4)16-6-9-18(2,3)10-7-16/h8,12,14,16,19H,5-7,9-11,13H2,1-4H3. The highest BCUT2D eigenvalue weighted by atomic mass is 15.1. The highest BCUT2D eigenvalue weighted by Crippen LogP contribution is 2.38. The van der Waals surface area contributed by atoms with Crippen LogP contribution >= 0.6 is 0 Å². The number of aromatic nitrogens is 1. The maximum atomic E-state index is 4.31. The van der Waals surface area contributed by atoms with E-state index in [1.165, 1.54) is 43.4 Å². The first-order chi connectivity index (χ1) is 10.0. The molecule has 118 valence electrons. The van der Waals surface area contributed by atoms with E-state index in [1.54, 1.807) is 0 Å². The number of nitrogens with zero attached hydrogens (tertiary/aromatic N) is 2. The second kappa shape index (κ2) is 7.26. The molecular formula is C18H31N3. The lowest BCUT2D eigenvalue weighted by Crippen LogP contribution is -2.38. The van der Waals surface area contributed by atoms with E-state index in [4.69, 9.17) is 0 Å². The first kappa shape index (κ1) is 16.3. The van der Waals surface area contributed by atoms with Crippen molar-refractivity contribution in [2.45, 2.75) is 65.5 Å². The van der Waals surface area contributed by atoms with Gasteiger partial charge in [0.15, 0.2) is 0 Å². The van der Waals surface area contributed by atoms with Gasteiger partial charge in [-0.3, -0.25) is 4.98 Å². The predicted octanol–water partition coefficient (Wildman–Crippen LogP) is 3.99. The maximum Gasteiger partial charge on any atom is 0.0442 e. The molecule has 1 aromatic heterocycles. The van der Waals surface area contributed by atoms with E-state index in [1.807, 2.05) is 12.4 Å². The molecule has 0 saturated heterocycles. The topological polar surface area (TPSA) is 28.2 Å². The lowest BCUT2D eigenvalue weighted by atomic mass is 9.75. The molecule has 0 aliphatic heterocycles. The van der Waals surface area contributed by atoms with Gasteiger partial charge in [0.1, 0.15) is 0 Å². The molecule has 21 heavy (non-hydrogen) atoms. The summed E-state index contributed by atoms with van der Waals surface area (Å²) in [5.74, 6) is 0. The quantitative estimate of drug-likeness (QED) is 0.803. The minimum Gasteiger partial charge on any atom is -0.371 e. The summed E-state index contributed by atoms with van der Waals surface area (Å²) < 4.78 is 0. The van der Waals surface area contributed by atoms with Gasteiger partial charge in [0.05, 0.1) is 0 Å². The van der Waals surface area contributed by atoms with Crippen LogP contribution in [0.2, 0.25) is 0 Å². The van der Waals surface area contributed by atoms with Crippen LogP contribution in [0.3, 0.4) is 0 Å². The zero-order valence-corrected chi connectivity index (χ0v) is 14.2. The second-order valence-electron chi connectivity index (χ2n) is 7.19. The van der Waals surface area contributed by atoms with Crippen molar-refractivity contribution >= 4 is 5.69 Å². The molecule has 1 aromatic rings. The minimum atomic E-state index is 0.529. The molecular weight excluding hydrogens is 258 g/mol. The Morgan fingerprint density at radius 2 is 2.05 bits per heavy atom. The second-order valence-corrected chi connectivity index (χ2v) is 7.19. The Hall–Kier alpha value is -1.09. The fourth-order valence-corrected chi connectivity index (χ4v) is 3.27. The Morgan fingerprint density at radius 1 is 1.33 bits per heavy atom. The molecule has 1 saturated carbocycles. The Bertz CT molecular complexity index is 432. The summed E-state index contributed by atoms with van der Waals surface area (Å²) in [7, 11) is 2.25. The summed E-state index contributed by atoms with van der Waals surface area (Å²) in [4.78, 5) is 6.79. The molecule has 1 heterocycles. The molecule has 0 spiro atoms. The first-order valence-electron chi connectivity index (χ1n) is 8.40. The van der Waals surface area contributed by atoms with Gasteiger partial charge in [-0.15, -0.1) is 0 Å². The number of hydrogen-bond acceptors (Lipinski definition) is 3. The van der Waals surface area contributed by atoms with Crippen LogP contribution in [0.25, 0.3) is 0 Å². The van der Waals surface area contributed by atoms with Gasteiger partial charge in [-0.25, -0.2) is 0 Å². The maximum absolute atomic E-state index is 4.31. The molecule has 0 atom stereocenters. The average molecular weight is 289 g/mol. The molecule has 3 nitrogen and oxygen atoms in total. The zero-order chi connectivity index (χ0) is 15.3. The summed E-state index contributed by atoms with van der Waals surface area (Å²) in [6.07, 6.45) is 10.4. The van der Waals surface area contributed by atoms with Crippen molar-refractivity contribution in [1.82, 2.24) is 10.3 Å². The highest BCUT2D eigenvalue weighted by Gasteiger charge is 2.29. The number of nitrogens with one attached hydrogen (secondary N) is 1. The normalized spacial score (nSPS) is 18.7. The van der Waals surface area contributed by atoms with Gasteiger partial charge in [-0.05, 0) is 50.1 Å². The van der Waals surface area contributed by atoms with Crippen molar-refractivity contribution in [3.63, 3.8) is 0 Å². The lowest BCUT2D eigenvalue weighted by molar-refractivity contribution is 0.222. The monoisotopic (exact) mass is 289 g/mol. The third-order valence-corrected chi connectivity index (χ3v) is 4.86. The number of pyridine rings is 1. The largest absolute Gasteiger partial charge is 0.371 e. The van der Waals surface area contributed by atoms with Crippen LogP contribution in [0.15, 0.2) is 18.5 Å². The van der Waals surface area contributed by atoms with Gasteiger partial charge in [-0.2, -0.15) is 0 Å². The SMILES string of the molecule is CCCNCc1cnccc1N(C)C1CCC(C)(C)CC1. The predicted molar refractivity (Wildman–Crippen MR) is 90.7 cm³/mol. The third-order valence-electron chi connectivity index (χ3n) is 4.86. The Kier molecular flexibility index (Phi) is 5.63. The van der Waals surface area contributed by atoms with Crippen LogP contribution in [0.1, 0.15) is 58.4 Å². The molecule has 0 radical (unpaired) electrons. The van der Waals surface area contributed by atoms with E-state index in [0.29, 0.717) is 11.5 Å². The third kappa shape index (κ3) is 4.44. The van der Waals surface area contributed by atoms with Crippen LogP contribution in [0, 0.1) is 5.41 Å². The minimum absolute atomic E-state index is 0.529. The Morgan fingerprint density at radius 3 is 2.71 bits per heavy atom. The van der Waals surface area contributed by atoms with Gasteiger partial charge < -0.3 is 10.2 Å². The Labute approximate surface area is 130 Å². The van der Waals surface area contributed by atoms with E-state index >= 15 is 0 Å². The number of rotatable bonds is 6.